The third-order valence-electron chi connectivity index (χ3n) is 1.23. The molecule has 1 heterocycles. The molecule has 1 unspecified atom stereocenters. The van der Waals surface area contributed by atoms with E-state index in [0.717, 1.165) is 19.4 Å². The molecule has 1 aliphatic rings. The van der Waals surface area contributed by atoms with Crippen LogP contribution in [0, 0.1) is 0 Å². The molecule has 4 nitrogen and oxygen atoms in total. The summed E-state index contributed by atoms with van der Waals surface area (Å²) >= 11 is 4.19. The number of carboxylic acid groups (broad SMARTS) is 1. The predicted octanol–water partition coefficient (Wildman–Crippen LogP) is 1.06. The molecule has 0 aromatic heterocycles. The Bertz CT molecular complexity index is 107. The van der Waals surface area contributed by atoms with Crippen molar-refractivity contribution in [3.63, 3.8) is 0 Å². The van der Waals surface area contributed by atoms with Gasteiger partial charge in [-0.1, -0.05) is 0 Å². The summed E-state index contributed by atoms with van der Waals surface area (Å²) in [6, 6.07) is 0. The average molecular weight is 183 g/mol. The predicted molar refractivity (Wildman–Crippen MR) is 39.9 cm³/mol. The Balaban J connectivity index is 0.000000218. The number of carbonyl (C=O) groups is 1. The molecule has 0 aromatic rings. The summed E-state index contributed by atoms with van der Waals surface area (Å²) in [5, 5.41) is 15.6. The van der Waals surface area contributed by atoms with Crippen LogP contribution in [0.3, 0.4) is 0 Å². The van der Waals surface area contributed by atoms with Crippen LogP contribution >= 0.6 is 11.6 Å². The zero-order valence-electron chi connectivity index (χ0n) is 5.99. The van der Waals surface area contributed by atoms with E-state index >= 15 is 0 Å². The topological polar surface area (TPSA) is 66.8 Å². The van der Waals surface area contributed by atoms with Crippen molar-refractivity contribution in [2.24, 2.45) is 0 Å². The Labute approximate surface area is 69.7 Å². The molecule has 0 bridgehead atoms. The van der Waals surface area contributed by atoms with E-state index in [2.05, 4.69) is 11.6 Å². The van der Waals surface area contributed by atoms with Gasteiger partial charge in [-0.3, -0.25) is 0 Å². The van der Waals surface area contributed by atoms with Crippen LogP contribution in [-0.2, 0) is 4.74 Å². The van der Waals surface area contributed by atoms with Crippen LogP contribution in [0.2, 0.25) is 0 Å². The van der Waals surface area contributed by atoms with Gasteiger partial charge in [0.25, 0.3) is 0 Å². The summed E-state index contributed by atoms with van der Waals surface area (Å²) < 4.78 is 5.05. The highest BCUT2D eigenvalue weighted by atomic mass is 35.5. The van der Waals surface area contributed by atoms with Crippen LogP contribution in [0.5, 0.6) is 0 Å². The van der Waals surface area contributed by atoms with Crippen molar-refractivity contribution in [2.45, 2.75) is 18.9 Å². The molecule has 0 amide bonds. The first-order valence-electron chi connectivity index (χ1n) is 3.27. The first-order valence-corrected chi connectivity index (χ1v) is 3.65. The molecule has 0 radical (unpaired) electrons. The average Bonchev–Trinajstić information content (AvgIpc) is 2.36. The number of ether oxygens (including phenoxy) is 1. The molecule has 1 saturated heterocycles. The fourth-order valence-electron chi connectivity index (χ4n) is 0.788. The first kappa shape index (κ1) is 10.7. The molecule has 5 heteroatoms. The van der Waals surface area contributed by atoms with Gasteiger partial charge in [-0.05, 0) is 12.8 Å². The van der Waals surface area contributed by atoms with E-state index in [1.807, 2.05) is 0 Å². The van der Waals surface area contributed by atoms with Gasteiger partial charge in [0, 0.05) is 18.2 Å². The number of aliphatic hydroxyl groups excluding tert-OH is 1. The molecule has 0 saturated carbocycles. The highest BCUT2D eigenvalue weighted by Gasteiger charge is 2.12. The summed E-state index contributed by atoms with van der Waals surface area (Å²) in [6.45, 7) is 1.03. The van der Waals surface area contributed by atoms with E-state index in [1.165, 1.54) is 0 Å². The van der Waals surface area contributed by atoms with Crippen molar-refractivity contribution in [1.29, 1.82) is 0 Å². The van der Waals surface area contributed by atoms with Crippen molar-refractivity contribution in [3.8, 4) is 0 Å². The SMILES string of the molecule is O=C(O)Cl.OCC1CCCO1. The van der Waals surface area contributed by atoms with Crippen LogP contribution < -0.4 is 0 Å². The van der Waals surface area contributed by atoms with Crippen molar-refractivity contribution in [3.05, 3.63) is 0 Å². The molecule has 0 aromatic carbocycles. The van der Waals surface area contributed by atoms with Crippen LogP contribution in [0.1, 0.15) is 12.8 Å². The van der Waals surface area contributed by atoms with E-state index in [1.54, 1.807) is 0 Å². The number of halogens is 1. The summed E-state index contributed by atoms with van der Waals surface area (Å²) in [6.07, 6.45) is 2.31. The summed E-state index contributed by atoms with van der Waals surface area (Å²) in [7, 11) is 0. The Hall–Kier alpha value is -0.320. The Kier molecular flexibility index (Phi) is 6.21. The zero-order chi connectivity index (χ0) is 8.69. The molecular weight excluding hydrogens is 172 g/mol. The van der Waals surface area contributed by atoms with Gasteiger partial charge in [0.05, 0.1) is 12.7 Å². The maximum absolute atomic E-state index is 8.77. The number of hydrogen-bond acceptors (Lipinski definition) is 3. The number of hydrogen-bond donors (Lipinski definition) is 2. The van der Waals surface area contributed by atoms with Gasteiger partial charge in [-0.25, -0.2) is 4.79 Å². The lowest BCUT2D eigenvalue weighted by Gasteiger charge is -2.00. The molecule has 66 valence electrons. The lowest BCUT2D eigenvalue weighted by atomic mass is 10.2. The van der Waals surface area contributed by atoms with E-state index in [0.29, 0.717) is 0 Å². The van der Waals surface area contributed by atoms with Crippen LogP contribution in [0.25, 0.3) is 0 Å². The van der Waals surface area contributed by atoms with E-state index < -0.39 is 5.43 Å². The molecule has 0 aliphatic carbocycles. The Morgan fingerprint density at radius 1 is 1.73 bits per heavy atom. The fourth-order valence-corrected chi connectivity index (χ4v) is 0.788. The van der Waals surface area contributed by atoms with E-state index in [-0.39, 0.29) is 12.7 Å². The smallest absolute Gasteiger partial charge is 0.401 e. The van der Waals surface area contributed by atoms with Gasteiger partial charge in [-0.15, -0.1) is 0 Å². The van der Waals surface area contributed by atoms with E-state index in [4.69, 9.17) is 19.7 Å². The second-order valence-corrected chi connectivity index (χ2v) is 2.39. The lowest BCUT2D eigenvalue weighted by molar-refractivity contribution is 0.0591. The van der Waals surface area contributed by atoms with Gasteiger partial charge in [0.2, 0.25) is 0 Å². The molecule has 1 fully saturated rings. The van der Waals surface area contributed by atoms with Crippen LogP contribution in [0.15, 0.2) is 0 Å². The van der Waals surface area contributed by atoms with Crippen molar-refractivity contribution >= 4 is 17.0 Å². The van der Waals surface area contributed by atoms with Crippen molar-refractivity contribution < 1.29 is 19.7 Å². The monoisotopic (exact) mass is 182 g/mol. The standard InChI is InChI=1S/C5H10O2.CHClO2/c6-4-5-2-1-3-7-5;2-1(3)4/h5-6H,1-4H2;(H,3,4). The van der Waals surface area contributed by atoms with Gasteiger partial charge in [0.15, 0.2) is 0 Å². The van der Waals surface area contributed by atoms with Crippen LogP contribution in [0.4, 0.5) is 4.79 Å². The molecule has 1 aliphatic heterocycles. The number of aliphatic hydroxyl groups is 1. The van der Waals surface area contributed by atoms with Gasteiger partial charge >= 0.3 is 5.43 Å². The fraction of sp³-hybridized carbons (Fsp3) is 0.833. The number of rotatable bonds is 1. The van der Waals surface area contributed by atoms with Gasteiger partial charge in [0.1, 0.15) is 0 Å². The second kappa shape index (κ2) is 6.39. The maximum atomic E-state index is 8.77. The quantitative estimate of drug-likeness (QED) is 0.595. The lowest BCUT2D eigenvalue weighted by Crippen LogP contribution is -2.09. The molecular formula is C6H11ClO4. The van der Waals surface area contributed by atoms with Crippen LogP contribution in [-0.4, -0.2) is 35.0 Å². The van der Waals surface area contributed by atoms with Crippen molar-refractivity contribution in [2.75, 3.05) is 13.2 Å². The first-order chi connectivity index (χ1) is 5.16. The maximum Gasteiger partial charge on any atom is 0.401 e. The normalized spacial score (nSPS) is 22.2. The molecule has 1 rings (SSSR count). The highest BCUT2D eigenvalue weighted by Crippen LogP contribution is 2.09. The third kappa shape index (κ3) is 7.58. The van der Waals surface area contributed by atoms with Gasteiger partial charge in [-0.2, -0.15) is 0 Å². The van der Waals surface area contributed by atoms with E-state index in [9.17, 15) is 0 Å². The molecule has 0 spiro atoms. The molecule has 1 atom stereocenters. The molecule has 2 N–H and O–H groups in total. The van der Waals surface area contributed by atoms with Crippen molar-refractivity contribution in [1.82, 2.24) is 0 Å². The summed E-state index contributed by atoms with van der Waals surface area (Å²) in [5.41, 5.74) is -1.36. The minimum atomic E-state index is -1.36. The minimum Gasteiger partial charge on any atom is -0.469 e. The zero-order valence-corrected chi connectivity index (χ0v) is 6.75. The Morgan fingerprint density at radius 2 is 2.27 bits per heavy atom. The third-order valence-corrected chi connectivity index (χ3v) is 1.23. The van der Waals surface area contributed by atoms with Gasteiger partial charge < -0.3 is 14.9 Å². The largest absolute Gasteiger partial charge is 0.469 e. The molecule has 11 heavy (non-hydrogen) atoms. The summed E-state index contributed by atoms with van der Waals surface area (Å²) in [4.78, 5) is 8.77. The minimum absolute atomic E-state index is 0.153. The second-order valence-electron chi connectivity index (χ2n) is 2.07. The highest BCUT2D eigenvalue weighted by molar-refractivity contribution is 6.60. The summed E-state index contributed by atoms with van der Waals surface area (Å²) in [5.74, 6) is 0. The Morgan fingerprint density at radius 3 is 2.45 bits per heavy atom.